The second kappa shape index (κ2) is 8.32. The molecule has 2 aliphatic rings. The molecule has 33 heavy (non-hydrogen) atoms. The Bertz CT molecular complexity index is 1350. The first-order valence-electron chi connectivity index (χ1n) is 10.3. The SMILES string of the molecule is O=C1Cc2cc(-c3csc(NC(=O)[C@@H]4CCCN4S(=O)(=O)c4ccc(F)cc4)n3)ccc2N1. The Hall–Kier alpha value is -3.15. The second-order valence-corrected chi connectivity index (χ2v) is 10.6. The molecule has 1 saturated heterocycles. The lowest BCUT2D eigenvalue weighted by Gasteiger charge is -2.23. The number of amides is 2. The van der Waals surface area contributed by atoms with Crippen molar-refractivity contribution in [1.29, 1.82) is 0 Å². The highest BCUT2D eigenvalue weighted by molar-refractivity contribution is 7.89. The lowest BCUT2D eigenvalue weighted by molar-refractivity contribution is -0.119. The number of rotatable bonds is 5. The fourth-order valence-electron chi connectivity index (χ4n) is 4.07. The predicted octanol–water partition coefficient (Wildman–Crippen LogP) is 3.24. The molecule has 5 rings (SSSR count). The maximum atomic E-state index is 13.2. The molecule has 0 spiro atoms. The summed E-state index contributed by atoms with van der Waals surface area (Å²) in [6.07, 6.45) is 1.25. The van der Waals surface area contributed by atoms with Crippen molar-refractivity contribution in [3.8, 4) is 11.3 Å². The molecule has 0 unspecified atom stereocenters. The average Bonchev–Trinajstić information content (AvgIpc) is 3.52. The number of fused-ring (bicyclic) bond motifs is 1. The van der Waals surface area contributed by atoms with E-state index in [2.05, 4.69) is 15.6 Å². The number of anilines is 2. The molecule has 0 aliphatic carbocycles. The number of benzene rings is 2. The summed E-state index contributed by atoms with van der Waals surface area (Å²) in [6.45, 7) is 0.211. The number of halogens is 1. The fraction of sp³-hybridized carbons (Fsp3) is 0.227. The molecule has 0 radical (unpaired) electrons. The summed E-state index contributed by atoms with van der Waals surface area (Å²) in [5.41, 5.74) is 3.16. The van der Waals surface area contributed by atoms with Gasteiger partial charge in [0.15, 0.2) is 5.13 Å². The highest BCUT2D eigenvalue weighted by Gasteiger charge is 2.39. The predicted molar refractivity (Wildman–Crippen MR) is 122 cm³/mol. The molecule has 1 aromatic heterocycles. The van der Waals surface area contributed by atoms with Crippen LogP contribution in [0.25, 0.3) is 11.3 Å². The van der Waals surface area contributed by atoms with Crippen LogP contribution >= 0.6 is 11.3 Å². The molecule has 1 fully saturated rings. The van der Waals surface area contributed by atoms with E-state index in [0.717, 1.165) is 33.3 Å². The molecule has 2 amide bonds. The van der Waals surface area contributed by atoms with Gasteiger partial charge in [-0.15, -0.1) is 11.3 Å². The highest BCUT2D eigenvalue weighted by Crippen LogP contribution is 2.32. The third-order valence-electron chi connectivity index (χ3n) is 5.69. The van der Waals surface area contributed by atoms with Gasteiger partial charge in [-0.2, -0.15) is 4.31 Å². The van der Waals surface area contributed by atoms with Crippen LogP contribution in [-0.2, 0) is 26.0 Å². The van der Waals surface area contributed by atoms with Crippen LogP contribution in [0.4, 0.5) is 15.2 Å². The number of aromatic nitrogens is 1. The number of nitrogens with one attached hydrogen (secondary N) is 2. The topological polar surface area (TPSA) is 108 Å². The standard InChI is InChI=1S/C22H19FN4O4S2/c23-15-4-6-16(7-5-15)33(30,31)27-9-1-2-19(27)21(29)26-22-25-18(12-32-22)13-3-8-17-14(10-13)11-20(28)24-17/h3-8,10,12,19H,1-2,9,11H2,(H,24,28)(H,25,26,29)/t19-/m0/s1. The van der Waals surface area contributed by atoms with E-state index < -0.39 is 27.8 Å². The number of sulfonamides is 1. The van der Waals surface area contributed by atoms with Gasteiger partial charge in [0.05, 0.1) is 17.0 Å². The molecule has 3 heterocycles. The smallest absolute Gasteiger partial charge is 0.244 e. The zero-order valence-electron chi connectivity index (χ0n) is 17.2. The first-order chi connectivity index (χ1) is 15.8. The summed E-state index contributed by atoms with van der Waals surface area (Å²) in [4.78, 5) is 28.9. The van der Waals surface area contributed by atoms with Crippen LogP contribution in [0.15, 0.2) is 52.7 Å². The van der Waals surface area contributed by atoms with Gasteiger partial charge in [-0.1, -0.05) is 6.07 Å². The van der Waals surface area contributed by atoms with Crippen molar-refractivity contribution in [1.82, 2.24) is 9.29 Å². The molecular formula is C22H19FN4O4S2. The minimum atomic E-state index is -3.93. The first-order valence-corrected chi connectivity index (χ1v) is 12.6. The second-order valence-electron chi connectivity index (χ2n) is 7.85. The molecule has 2 aromatic carbocycles. The number of carbonyl (C=O) groups is 2. The van der Waals surface area contributed by atoms with E-state index in [-0.39, 0.29) is 17.3 Å². The zero-order valence-corrected chi connectivity index (χ0v) is 18.9. The van der Waals surface area contributed by atoms with Gasteiger partial charge in [0, 0.05) is 23.2 Å². The van der Waals surface area contributed by atoms with Gasteiger partial charge >= 0.3 is 0 Å². The quantitative estimate of drug-likeness (QED) is 0.576. The Morgan fingerprint density at radius 3 is 2.79 bits per heavy atom. The van der Waals surface area contributed by atoms with Gasteiger partial charge in [0.1, 0.15) is 11.9 Å². The Morgan fingerprint density at radius 1 is 1.21 bits per heavy atom. The zero-order chi connectivity index (χ0) is 23.2. The van der Waals surface area contributed by atoms with Crippen molar-refractivity contribution < 1.29 is 22.4 Å². The van der Waals surface area contributed by atoms with Gasteiger partial charge < -0.3 is 10.6 Å². The summed E-state index contributed by atoms with van der Waals surface area (Å²) in [6, 6.07) is 9.25. The van der Waals surface area contributed by atoms with Crippen LogP contribution in [-0.4, -0.2) is 42.1 Å². The third kappa shape index (κ3) is 4.14. The van der Waals surface area contributed by atoms with Crippen molar-refractivity contribution >= 4 is 44.0 Å². The summed E-state index contributed by atoms with van der Waals surface area (Å²) < 4.78 is 40.4. The molecule has 170 valence electrons. The van der Waals surface area contributed by atoms with Crippen molar-refractivity contribution in [2.45, 2.75) is 30.2 Å². The summed E-state index contributed by atoms with van der Waals surface area (Å²) >= 11 is 1.24. The number of hydrogen-bond acceptors (Lipinski definition) is 6. The normalized spacial score (nSPS) is 18.2. The van der Waals surface area contributed by atoms with Gasteiger partial charge in [-0.3, -0.25) is 9.59 Å². The fourth-order valence-corrected chi connectivity index (χ4v) is 6.45. The maximum Gasteiger partial charge on any atom is 0.244 e. The molecule has 2 aliphatic heterocycles. The van der Waals surface area contributed by atoms with Gasteiger partial charge in [0.2, 0.25) is 21.8 Å². The maximum absolute atomic E-state index is 13.2. The van der Waals surface area contributed by atoms with Gasteiger partial charge in [-0.25, -0.2) is 17.8 Å². The summed E-state index contributed by atoms with van der Waals surface area (Å²) in [5, 5.41) is 7.67. The molecule has 3 aromatic rings. The van der Waals surface area contributed by atoms with E-state index in [1.54, 1.807) is 5.38 Å². The van der Waals surface area contributed by atoms with E-state index in [4.69, 9.17) is 0 Å². The van der Waals surface area contributed by atoms with Crippen LogP contribution in [0, 0.1) is 5.82 Å². The van der Waals surface area contributed by atoms with Crippen molar-refractivity contribution in [2.24, 2.45) is 0 Å². The van der Waals surface area contributed by atoms with Gasteiger partial charge in [0.25, 0.3) is 0 Å². The molecule has 1 atom stereocenters. The van der Waals surface area contributed by atoms with E-state index in [1.807, 2.05) is 18.2 Å². The Balaban J connectivity index is 1.32. The summed E-state index contributed by atoms with van der Waals surface area (Å²) in [7, 11) is -3.93. The molecule has 0 saturated carbocycles. The lowest BCUT2D eigenvalue weighted by Crippen LogP contribution is -2.43. The van der Waals surface area contributed by atoms with E-state index in [1.165, 1.54) is 23.5 Å². The van der Waals surface area contributed by atoms with Crippen molar-refractivity contribution in [3.63, 3.8) is 0 Å². The third-order valence-corrected chi connectivity index (χ3v) is 8.37. The lowest BCUT2D eigenvalue weighted by atomic mass is 10.1. The van der Waals surface area contributed by atoms with Gasteiger partial charge in [-0.05, 0) is 54.8 Å². The molecule has 11 heteroatoms. The molecule has 0 bridgehead atoms. The largest absolute Gasteiger partial charge is 0.326 e. The molecular weight excluding hydrogens is 467 g/mol. The van der Waals surface area contributed by atoms with E-state index in [9.17, 15) is 22.4 Å². The van der Waals surface area contributed by atoms with E-state index in [0.29, 0.717) is 30.1 Å². The molecule has 2 N–H and O–H groups in total. The number of thiazole rings is 1. The monoisotopic (exact) mass is 486 g/mol. The van der Waals surface area contributed by atoms with Crippen LogP contribution in [0.5, 0.6) is 0 Å². The van der Waals surface area contributed by atoms with Crippen molar-refractivity contribution in [2.75, 3.05) is 17.2 Å². The van der Waals surface area contributed by atoms with Crippen LogP contribution in [0.3, 0.4) is 0 Å². The minimum absolute atomic E-state index is 0.0508. The molecule has 8 nitrogen and oxygen atoms in total. The Labute approximate surface area is 193 Å². The van der Waals surface area contributed by atoms with Crippen LogP contribution < -0.4 is 10.6 Å². The van der Waals surface area contributed by atoms with Crippen LogP contribution in [0.2, 0.25) is 0 Å². The Morgan fingerprint density at radius 2 is 2.00 bits per heavy atom. The highest BCUT2D eigenvalue weighted by atomic mass is 32.2. The first kappa shape index (κ1) is 21.7. The van der Waals surface area contributed by atoms with Crippen LogP contribution in [0.1, 0.15) is 18.4 Å². The Kier molecular flexibility index (Phi) is 5.47. The summed E-state index contributed by atoms with van der Waals surface area (Å²) in [5.74, 6) is -1.04. The number of nitrogens with zero attached hydrogens (tertiary/aromatic N) is 2. The van der Waals surface area contributed by atoms with E-state index >= 15 is 0 Å². The average molecular weight is 487 g/mol. The minimum Gasteiger partial charge on any atom is -0.326 e. The van der Waals surface area contributed by atoms with Crippen molar-refractivity contribution in [3.05, 3.63) is 59.2 Å². The number of carbonyl (C=O) groups excluding carboxylic acids is 2. The number of hydrogen-bond donors (Lipinski definition) is 2.